The molecule has 0 unspecified atom stereocenters. The van der Waals surface area contributed by atoms with Crippen LogP contribution in [0.15, 0.2) is 36.5 Å². The van der Waals surface area contributed by atoms with Crippen LogP contribution in [0.1, 0.15) is 0 Å². The Bertz CT molecular complexity index is 685. The number of hydrogen-bond acceptors (Lipinski definition) is 4. The number of rotatable bonds is 2. The zero-order chi connectivity index (χ0) is 12.7. The minimum atomic E-state index is -0.148. The summed E-state index contributed by atoms with van der Waals surface area (Å²) in [5, 5.41) is 25.0. The second-order valence-electron chi connectivity index (χ2n) is 4.03. The summed E-state index contributed by atoms with van der Waals surface area (Å²) in [4.78, 5) is 3.08. The lowest BCUT2D eigenvalue weighted by Crippen LogP contribution is -2.06. The molecule has 0 aliphatic rings. The molecule has 1 aromatic carbocycles. The maximum absolute atomic E-state index is 10.9. The van der Waals surface area contributed by atoms with Gasteiger partial charge in [-0.25, -0.2) is 0 Å². The Labute approximate surface area is 103 Å². The lowest BCUT2D eigenvalue weighted by Gasteiger charge is -2.21. The third-order valence-electron chi connectivity index (χ3n) is 2.91. The Morgan fingerprint density at radius 1 is 1.39 bits per heavy atom. The lowest BCUT2D eigenvalue weighted by atomic mass is 10.1. The summed E-state index contributed by atoms with van der Waals surface area (Å²) in [7, 11) is 1.84. The molecule has 0 bridgehead atoms. The molecule has 2 N–H and O–H groups in total. The molecule has 0 aliphatic carbocycles. The molecule has 6 nitrogen and oxygen atoms in total. The first-order valence-electron chi connectivity index (χ1n) is 5.43. The zero-order valence-corrected chi connectivity index (χ0v) is 9.66. The normalized spacial score (nSPS) is 11.1. The van der Waals surface area contributed by atoms with Crippen molar-refractivity contribution < 1.29 is 5.21 Å². The molecule has 0 spiro atoms. The van der Waals surface area contributed by atoms with E-state index in [0.717, 1.165) is 22.3 Å². The third-order valence-corrected chi connectivity index (χ3v) is 2.91. The number of hydrogen-bond donors (Lipinski definition) is 2. The number of H-pyrrole nitrogens is 1. The van der Waals surface area contributed by atoms with Crippen LogP contribution < -0.4 is 5.23 Å². The third kappa shape index (κ3) is 1.55. The number of benzene rings is 1. The average molecular weight is 243 g/mol. The van der Waals surface area contributed by atoms with Gasteiger partial charge in [0.05, 0.1) is 16.9 Å². The highest BCUT2D eigenvalue weighted by Crippen LogP contribution is 2.29. The molecule has 0 aliphatic heterocycles. The van der Waals surface area contributed by atoms with Gasteiger partial charge in [-0.1, -0.05) is 0 Å². The van der Waals surface area contributed by atoms with Crippen molar-refractivity contribution in [2.45, 2.75) is 0 Å². The van der Waals surface area contributed by atoms with Crippen LogP contribution in [-0.2, 0) is 7.05 Å². The van der Waals surface area contributed by atoms with Crippen molar-refractivity contribution in [1.82, 2.24) is 14.8 Å². The Morgan fingerprint density at radius 3 is 2.89 bits per heavy atom. The molecule has 0 saturated carbocycles. The van der Waals surface area contributed by atoms with Crippen LogP contribution >= 0.6 is 0 Å². The number of fused-ring (bicyclic) bond motifs is 1. The summed E-state index contributed by atoms with van der Waals surface area (Å²) >= 11 is 0. The van der Waals surface area contributed by atoms with Gasteiger partial charge in [-0.3, -0.25) is 9.89 Å². The quantitative estimate of drug-likeness (QED) is 0.676. The summed E-state index contributed by atoms with van der Waals surface area (Å²) in [5.41, 5.74) is 2.70. The zero-order valence-electron chi connectivity index (χ0n) is 9.66. The maximum atomic E-state index is 10.9. The van der Waals surface area contributed by atoms with Gasteiger partial charge in [0.2, 0.25) is 0 Å². The molecule has 0 radical (unpaired) electrons. The van der Waals surface area contributed by atoms with E-state index in [1.807, 2.05) is 25.4 Å². The van der Waals surface area contributed by atoms with E-state index in [1.165, 1.54) is 0 Å². The number of nitrogens with one attached hydrogen (secondary N) is 1. The van der Waals surface area contributed by atoms with Gasteiger partial charge in [0.25, 0.3) is 0 Å². The van der Waals surface area contributed by atoms with Crippen molar-refractivity contribution in [1.29, 1.82) is 0 Å². The van der Waals surface area contributed by atoms with E-state index in [4.69, 9.17) is 5.21 Å². The Kier molecular flexibility index (Phi) is 2.32. The highest BCUT2D eigenvalue weighted by atomic mass is 16.8. The number of aryl methyl sites for hydroxylation is 1. The number of nitrogens with zero attached hydrogens (tertiary/aromatic N) is 3. The first-order chi connectivity index (χ1) is 8.66. The van der Waals surface area contributed by atoms with Crippen LogP contribution in [0.3, 0.4) is 0 Å². The molecule has 0 atom stereocenters. The number of aromatic amines is 1. The predicted molar refractivity (Wildman–Crippen MR) is 68.1 cm³/mol. The Hall–Kier alpha value is -2.31. The van der Waals surface area contributed by atoms with Crippen molar-refractivity contribution >= 4 is 16.6 Å². The maximum Gasteiger partial charge on any atom is 0.116 e. The second kappa shape index (κ2) is 3.86. The van der Waals surface area contributed by atoms with Crippen molar-refractivity contribution in [3.63, 3.8) is 0 Å². The predicted octanol–water partition coefficient (Wildman–Crippen LogP) is 2.26. The van der Waals surface area contributed by atoms with Crippen molar-refractivity contribution in [2.75, 3.05) is 5.23 Å². The van der Waals surface area contributed by atoms with Crippen LogP contribution in [0.4, 0.5) is 5.69 Å². The van der Waals surface area contributed by atoms with Gasteiger partial charge in [0.1, 0.15) is 5.69 Å². The van der Waals surface area contributed by atoms with Gasteiger partial charge in [0.15, 0.2) is 0 Å². The standard InChI is InChI=1S/C12H11N4O2/c1-15-11-5-4-8(16(17)18)7-9(11)12(14-15)10-3-2-6-13-10/h2-7,13,17H,1H3/q-1. The number of anilines is 1. The molecule has 3 aromatic rings. The molecule has 2 heterocycles. The molecule has 2 aromatic heterocycles. The SMILES string of the molecule is Cn1nc(-c2ccc[nH]2)c2cc(N([O-])O)ccc21. The minimum Gasteiger partial charge on any atom is -0.733 e. The Morgan fingerprint density at radius 2 is 2.22 bits per heavy atom. The first kappa shape index (κ1) is 10.8. The second-order valence-corrected chi connectivity index (χ2v) is 4.03. The molecule has 18 heavy (non-hydrogen) atoms. The van der Waals surface area contributed by atoms with E-state index >= 15 is 0 Å². The van der Waals surface area contributed by atoms with E-state index in [2.05, 4.69) is 10.1 Å². The molecule has 0 saturated heterocycles. The van der Waals surface area contributed by atoms with Crippen LogP contribution in [0.2, 0.25) is 0 Å². The fraction of sp³-hybridized carbons (Fsp3) is 0.0833. The van der Waals surface area contributed by atoms with E-state index < -0.39 is 0 Å². The molecule has 92 valence electrons. The minimum absolute atomic E-state index is 0.148. The van der Waals surface area contributed by atoms with Crippen molar-refractivity contribution in [3.8, 4) is 11.4 Å². The Balaban J connectivity index is 2.29. The van der Waals surface area contributed by atoms with Crippen molar-refractivity contribution in [3.05, 3.63) is 41.7 Å². The number of aromatic nitrogens is 3. The van der Waals surface area contributed by atoms with Crippen LogP contribution in [0, 0.1) is 5.21 Å². The van der Waals surface area contributed by atoms with Gasteiger partial charge in [-0.2, -0.15) is 5.10 Å². The monoisotopic (exact) mass is 243 g/mol. The smallest absolute Gasteiger partial charge is 0.116 e. The molecular weight excluding hydrogens is 232 g/mol. The molecule has 6 heteroatoms. The summed E-state index contributed by atoms with van der Waals surface area (Å²) < 4.78 is 1.74. The summed E-state index contributed by atoms with van der Waals surface area (Å²) in [6.45, 7) is 0. The fourth-order valence-corrected chi connectivity index (χ4v) is 2.05. The van der Waals surface area contributed by atoms with Gasteiger partial charge in [-0.05, 0) is 30.3 Å². The largest absolute Gasteiger partial charge is 0.733 e. The molecule has 0 fully saturated rings. The summed E-state index contributed by atoms with van der Waals surface area (Å²) in [6.07, 6.45) is 1.81. The van der Waals surface area contributed by atoms with E-state index in [0.29, 0.717) is 0 Å². The van der Waals surface area contributed by atoms with E-state index in [-0.39, 0.29) is 10.9 Å². The lowest BCUT2D eigenvalue weighted by molar-refractivity contribution is 0.296. The van der Waals surface area contributed by atoms with Gasteiger partial charge >= 0.3 is 0 Å². The highest BCUT2D eigenvalue weighted by Gasteiger charge is 2.11. The fourth-order valence-electron chi connectivity index (χ4n) is 2.05. The van der Waals surface area contributed by atoms with Crippen molar-refractivity contribution in [2.24, 2.45) is 7.05 Å². The highest BCUT2D eigenvalue weighted by molar-refractivity contribution is 5.94. The first-order valence-corrected chi connectivity index (χ1v) is 5.43. The van der Waals surface area contributed by atoms with Gasteiger partial charge < -0.3 is 15.4 Å². The van der Waals surface area contributed by atoms with Gasteiger partial charge in [0, 0.05) is 18.6 Å². The van der Waals surface area contributed by atoms with Crippen LogP contribution in [-0.4, -0.2) is 20.0 Å². The van der Waals surface area contributed by atoms with Crippen LogP contribution in [0.5, 0.6) is 0 Å². The van der Waals surface area contributed by atoms with Crippen LogP contribution in [0.25, 0.3) is 22.3 Å². The molecule has 0 amide bonds. The molecule has 3 rings (SSSR count). The topological polar surface area (TPSA) is 80.1 Å². The van der Waals surface area contributed by atoms with E-state index in [9.17, 15) is 5.21 Å². The molecular formula is C12H11N4O2-. The van der Waals surface area contributed by atoms with E-state index in [1.54, 1.807) is 22.9 Å². The summed E-state index contributed by atoms with van der Waals surface area (Å²) in [5.74, 6) is 0. The average Bonchev–Trinajstić information content (AvgIpc) is 2.97. The summed E-state index contributed by atoms with van der Waals surface area (Å²) in [6, 6.07) is 8.71. The van der Waals surface area contributed by atoms with Gasteiger partial charge in [-0.15, -0.1) is 0 Å².